The van der Waals surface area contributed by atoms with Gasteiger partial charge in [0, 0.05) is 12.5 Å². The Bertz CT molecular complexity index is 426. The van der Waals surface area contributed by atoms with E-state index in [2.05, 4.69) is 21.9 Å². The number of nitro groups is 1. The lowest BCUT2D eigenvalue weighted by molar-refractivity contribution is -0.386. The van der Waals surface area contributed by atoms with Crippen molar-refractivity contribution < 1.29 is 9.66 Å². The molecular formula is C11H10BrNO3. The van der Waals surface area contributed by atoms with Crippen molar-refractivity contribution >= 4 is 21.6 Å². The van der Waals surface area contributed by atoms with Gasteiger partial charge in [-0.1, -0.05) is 6.07 Å². The number of halogens is 1. The van der Waals surface area contributed by atoms with Gasteiger partial charge in [0.2, 0.25) is 5.75 Å². The molecule has 5 heteroatoms. The predicted octanol–water partition coefficient (Wildman–Crippen LogP) is 3.15. The van der Waals surface area contributed by atoms with Gasteiger partial charge in [0.05, 0.1) is 16.0 Å². The van der Waals surface area contributed by atoms with Gasteiger partial charge >= 0.3 is 5.69 Å². The normalized spacial score (nSPS) is 9.50. The highest BCUT2D eigenvalue weighted by atomic mass is 79.9. The van der Waals surface area contributed by atoms with Crippen molar-refractivity contribution in [2.24, 2.45) is 0 Å². The summed E-state index contributed by atoms with van der Waals surface area (Å²) in [5.74, 6) is 2.73. The van der Waals surface area contributed by atoms with Crippen molar-refractivity contribution in [2.45, 2.75) is 12.8 Å². The van der Waals surface area contributed by atoms with Crippen molar-refractivity contribution in [1.82, 2.24) is 0 Å². The Morgan fingerprint density at radius 2 is 2.31 bits per heavy atom. The maximum atomic E-state index is 10.7. The Morgan fingerprint density at radius 3 is 2.94 bits per heavy atom. The van der Waals surface area contributed by atoms with Gasteiger partial charge in [0.1, 0.15) is 0 Å². The second kappa shape index (κ2) is 6.13. The molecule has 1 aromatic carbocycles. The number of hydrogen-bond acceptors (Lipinski definition) is 3. The molecular weight excluding hydrogens is 274 g/mol. The quantitative estimate of drug-likeness (QED) is 0.361. The molecule has 0 bridgehead atoms. The maximum Gasteiger partial charge on any atom is 0.312 e. The van der Waals surface area contributed by atoms with Gasteiger partial charge in [-0.25, -0.2) is 0 Å². The fourth-order valence-corrected chi connectivity index (χ4v) is 1.60. The van der Waals surface area contributed by atoms with Gasteiger partial charge < -0.3 is 4.74 Å². The van der Waals surface area contributed by atoms with Crippen LogP contribution in [0.4, 0.5) is 5.69 Å². The number of rotatable bonds is 5. The fourth-order valence-electron chi connectivity index (χ4n) is 1.13. The van der Waals surface area contributed by atoms with E-state index in [4.69, 9.17) is 11.2 Å². The highest BCUT2D eigenvalue weighted by molar-refractivity contribution is 9.10. The Balaban J connectivity index is 2.77. The predicted molar refractivity (Wildman–Crippen MR) is 64.4 cm³/mol. The second-order valence-electron chi connectivity index (χ2n) is 3.00. The van der Waals surface area contributed by atoms with Crippen LogP contribution in [0.2, 0.25) is 0 Å². The lowest BCUT2D eigenvalue weighted by atomic mass is 10.3. The van der Waals surface area contributed by atoms with Crippen LogP contribution < -0.4 is 4.74 Å². The molecule has 0 aromatic heterocycles. The first kappa shape index (κ1) is 12.5. The molecule has 0 atom stereocenters. The average molecular weight is 284 g/mol. The smallest absolute Gasteiger partial charge is 0.312 e. The number of terminal acetylenes is 1. The molecule has 0 aliphatic carbocycles. The zero-order valence-electron chi connectivity index (χ0n) is 8.48. The third-order valence-electron chi connectivity index (χ3n) is 1.85. The summed E-state index contributed by atoms with van der Waals surface area (Å²) in [6.07, 6.45) is 6.36. The monoisotopic (exact) mass is 283 g/mol. The number of para-hydroxylation sites is 1. The third-order valence-corrected chi connectivity index (χ3v) is 2.48. The Kier molecular flexibility index (Phi) is 4.80. The average Bonchev–Trinajstić information content (AvgIpc) is 2.25. The second-order valence-corrected chi connectivity index (χ2v) is 3.86. The van der Waals surface area contributed by atoms with E-state index in [-0.39, 0.29) is 11.4 Å². The standard InChI is InChI=1S/C11H10BrNO3/c1-2-3-4-8-16-11-9(12)6-5-7-10(11)13(14)15/h1,5-7H,3-4,8H2. The van der Waals surface area contributed by atoms with Crippen molar-refractivity contribution in [1.29, 1.82) is 0 Å². The van der Waals surface area contributed by atoms with Crippen LogP contribution in [0, 0.1) is 22.5 Å². The minimum atomic E-state index is -0.471. The molecule has 1 rings (SSSR count). The number of nitrogens with zero attached hydrogens (tertiary/aromatic N) is 1. The van der Waals surface area contributed by atoms with Crippen molar-refractivity contribution in [3.63, 3.8) is 0 Å². The van der Waals surface area contributed by atoms with Crippen LogP contribution in [0.3, 0.4) is 0 Å². The highest BCUT2D eigenvalue weighted by Gasteiger charge is 2.17. The molecule has 16 heavy (non-hydrogen) atoms. The van der Waals surface area contributed by atoms with E-state index in [1.165, 1.54) is 6.07 Å². The summed E-state index contributed by atoms with van der Waals surface area (Å²) in [4.78, 5) is 10.3. The summed E-state index contributed by atoms with van der Waals surface area (Å²) in [6.45, 7) is 0.369. The molecule has 0 unspecified atom stereocenters. The van der Waals surface area contributed by atoms with E-state index in [0.29, 0.717) is 23.9 Å². The minimum Gasteiger partial charge on any atom is -0.486 e. The molecule has 0 spiro atoms. The molecule has 84 valence electrons. The van der Waals surface area contributed by atoms with Gasteiger partial charge in [0.25, 0.3) is 0 Å². The van der Waals surface area contributed by atoms with Crippen LogP contribution in [0.25, 0.3) is 0 Å². The van der Waals surface area contributed by atoms with Crippen molar-refractivity contribution in [2.75, 3.05) is 6.61 Å². The van der Waals surface area contributed by atoms with Gasteiger partial charge in [-0.15, -0.1) is 12.3 Å². The number of unbranched alkanes of at least 4 members (excludes halogenated alkanes) is 1. The fraction of sp³-hybridized carbons (Fsp3) is 0.273. The molecule has 0 heterocycles. The van der Waals surface area contributed by atoms with Crippen LogP contribution >= 0.6 is 15.9 Å². The molecule has 0 aliphatic rings. The van der Waals surface area contributed by atoms with Crippen LogP contribution in [-0.4, -0.2) is 11.5 Å². The summed E-state index contributed by atoms with van der Waals surface area (Å²) in [7, 11) is 0. The molecule has 0 saturated heterocycles. The van der Waals surface area contributed by atoms with Crippen molar-refractivity contribution in [3.8, 4) is 18.1 Å². The Morgan fingerprint density at radius 1 is 1.56 bits per heavy atom. The first-order chi connectivity index (χ1) is 7.66. The number of hydrogen-bond donors (Lipinski definition) is 0. The topological polar surface area (TPSA) is 52.4 Å². The first-order valence-electron chi connectivity index (χ1n) is 4.66. The number of ether oxygens (including phenoxy) is 1. The summed E-state index contributed by atoms with van der Waals surface area (Å²) >= 11 is 3.21. The van der Waals surface area contributed by atoms with Gasteiger partial charge in [-0.05, 0) is 28.4 Å². The largest absolute Gasteiger partial charge is 0.486 e. The molecule has 0 amide bonds. The molecule has 1 aromatic rings. The first-order valence-corrected chi connectivity index (χ1v) is 5.45. The third kappa shape index (κ3) is 3.24. The molecule has 0 aliphatic heterocycles. The minimum absolute atomic E-state index is 0.0462. The van der Waals surface area contributed by atoms with E-state index >= 15 is 0 Å². The Labute approximate surface area is 102 Å². The molecule has 0 fully saturated rings. The number of benzene rings is 1. The van der Waals surface area contributed by atoms with Crippen molar-refractivity contribution in [3.05, 3.63) is 32.8 Å². The number of nitro benzene ring substituents is 1. The van der Waals surface area contributed by atoms with Crippen LogP contribution in [0.5, 0.6) is 5.75 Å². The van der Waals surface area contributed by atoms with Crippen LogP contribution in [0.1, 0.15) is 12.8 Å². The Hall–Kier alpha value is -1.54. The van der Waals surface area contributed by atoms with E-state index < -0.39 is 4.92 Å². The lowest BCUT2D eigenvalue weighted by Gasteiger charge is -2.07. The van der Waals surface area contributed by atoms with E-state index in [1.807, 2.05) is 0 Å². The summed E-state index contributed by atoms with van der Waals surface area (Å²) in [6, 6.07) is 4.70. The highest BCUT2D eigenvalue weighted by Crippen LogP contribution is 2.34. The SMILES string of the molecule is C#CCCCOc1c(Br)cccc1[N+](=O)[O-]. The van der Waals surface area contributed by atoms with E-state index in [1.54, 1.807) is 12.1 Å². The van der Waals surface area contributed by atoms with Crippen LogP contribution in [-0.2, 0) is 0 Å². The van der Waals surface area contributed by atoms with Crippen LogP contribution in [0.15, 0.2) is 22.7 Å². The van der Waals surface area contributed by atoms with Gasteiger partial charge in [-0.2, -0.15) is 0 Å². The van der Waals surface area contributed by atoms with Gasteiger partial charge in [0.15, 0.2) is 0 Å². The van der Waals surface area contributed by atoms with Gasteiger partial charge in [-0.3, -0.25) is 10.1 Å². The summed E-state index contributed by atoms with van der Waals surface area (Å²) < 4.78 is 5.92. The molecule has 4 nitrogen and oxygen atoms in total. The van der Waals surface area contributed by atoms with E-state index in [9.17, 15) is 10.1 Å². The molecule has 0 radical (unpaired) electrons. The molecule has 0 saturated carbocycles. The zero-order chi connectivity index (χ0) is 12.0. The summed E-state index contributed by atoms with van der Waals surface area (Å²) in [5, 5.41) is 10.7. The molecule has 0 N–H and O–H groups in total. The summed E-state index contributed by atoms with van der Waals surface area (Å²) in [5.41, 5.74) is -0.0462. The maximum absolute atomic E-state index is 10.7. The zero-order valence-corrected chi connectivity index (χ0v) is 10.1. The lowest BCUT2D eigenvalue weighted by Crippen LogP contribution is -2.01. The van der Waals surface area contributed by atoms with E-state index in [0.717, 1.165) is 0 Å².